The van der Waals surface area contributed by atoms with Crippen molar-refractivity contribution in [2.45, 2.75) is 6.92 Å². The highest BCUT2D eigenvalue weighted by Gasteiger charge is 2.38. The monoisotopic (exact) mass is 290 g/mol. The van der Waals surface area contributed by atoms with E-state index < -0.39 is 11.9 Å². The maximum absolute atomic E-state index is 12.7. The molecule has 112 valence electrons. The van der Waals surface area contributed by atoms with Gasteiger partial charge in [0.2, 0.25) is 0 Å². The van der Waals surface area contributed by atoms with E-state index in [4.69, 9.17) is 4.74 Å². The van der Waals surface area contributed by atoms with Gasteiger partial charge < -0.3 is 20.1 Å². The predicted octanol–water partition coefficient (Wildman–Crippen LogP) is 1.28. The second-order valence-electron chi connectivity index (χ2n) is 5.59. The summed E-state index contributed by atoms with van der Waals surface area (Å²) in [5, 5.41) is 12.4. The van der Waals surface area contributed by atoms with Crippen LogP contribution in [0.2, 0.25) is 0 Å². The van der Waals surface area contributed by atoms with E-state index in [9.17, 15) is 14.7 Å². The van der Waals surface area contributed by atoms with Crippen molar-refractivity contribution in [2.75, 3.05) is 31.6 Å². The van der Waals surface area contributed by atoms with E-state index in [2.05, 4.69) is 5.32 Å². The summed E-state index contributed by atoms with van der Waals surface area (Å²) in [5.41, 5.74) is 1.31. The van der Waals surface area contributed by atoms with E-state index >= 15 is 0 Å². The Kier molecular flexibility index (Phi) is 3.45. The Bertz CT molecular complexity index is 587. The number of amides is 1. The molecule has 2 aliphatic rings. The standard InChI is InChI=1S/C15H18N2O4/c1-9-7-17(8-11(9)15(19)20)14(18)10-3-2-4-12-13(10)21-6-5-16-12/h2-4,9,11,16H,5-8H2,1H3,(H,19,20). The Balaban J connectivity index is 1.85. The number of hydrogen-bond donors (Lipinski definition) is 2. The highest BCUT2D eigenvalue weighted by Crippen LogP contribution is 2.33. The van der Waals surface area contributed by atoms with Crippen LogP contribution >= 0.6 is 0 Å². The van der Waals surface area contributed by atoms with Gasteiger partial charge in [-0.3, -0.25) is 9.59 Å². The lowest BCUT2D eigenvalue weighted by atomic mass is 9.99. The van der Waals surface area contributed by atoms with Gasteiger partial charge in [0.05, 0.1) is 17.2 Å². The Morgan fingerprint density at radius 2 is 2.19 bits per heavy atom. The minimum absolute atomic E-state index is 0.0370. The molecule has 2 unspecified atom stereocenters. The van der Waals surface area contributed by atoms with E-state index in [0.29, 0.717) is 31.0 Å². The third-order valence-electron chi connectivity index (χ3n) is 4.13. The Morgan fingerprint density at radius 1 is 1.38 bits per heavy atom. The molecule has 1 amide bonds. The molecule has 1 saturated heterocycles. The number of carbonyl (C=O) groups is 2. The number of para-hydroxylation sites is 1. The summed E-state index contributed by atoms with van der Waals surface area (Å²) in [6, 6.07) is 5.41. The maximum Gasteiger partial charge on any atom is 0.308 e. The average molecular weight is 290 g/mol. The number of aliphatic carboxylic acids is 1. The number of benzene rings is 1. The quantitative estimate of drug-likeness (QED) is 0.858. The van der Waals surface area contributed by atoms with Crippen molar-refractivity contribution in [3.05, 3.63) is 23.8 Å². The van der Waals surface area contributed by atoms with Crippen LogP contribution in [0.25, 0.3) is 0 Å². The highest BCUT2D eigenvalue weighted by atomic mass is 16.5. The number of nitrogens with one attached hydrogen (secondary N) is 1. The first-order valence-electron chi connectivity index (χ1n) is 7.09. The Morgan fingerprint density at radius 3 is 2.90 bits per heavy atom. The first kappa shape index (κ1) is 13.7. The zero-order valence-corrected chi connectivity index (χ0v) is 11.8. The topological polar surface area (TPSA) is 78.9 Å². The van der Waals surface area contributed by atoms with Gasteiger partial charge in [-0.2, -0.15) is 0 Å². The minimum atomic E-state index is -0.842. The number of fused-ring (bicyclic) bond motifs is 1. The first-order chi connectivity index (χ1) is 10.1. The summed E-state index contributed by atoms with van der Waals surface area (Å²) in [4.78, 5) is 25.4. The van der Waals surface area contributed by atoms with Crippen LogP contribution in [0, 0.1) is 11.8 Å². The molecule has 0 spiro atoms. The molecule has 1 fully saturated rings. The summed E-state index contributed by atoms with van der Waals surface area (Å²) >= 11 is 0. The lowest BCUT2D eigenvalue weighted by Gasteiger charge is -2.23. The SMILES string of the molecule is CC1CN(C(=O)c2cccc3c2OCCN3)CC1C(=O)O. The lowest BCUT2D eigenvalue weighted by Crippen LogP contribution is -2.31. The van der Waals surface area contributed by atoms with Crippen molar-refractivity contribution in [3.63, 3.8) is 0 Å². The minimum Gasteiger partial charge on any atom is -0.489 e. The summed E-state index contributed by atoms with van der Waals surface area (Å²) in [6.45, 7) is 3.82. The van der Waals surface area contributed by atoms with E-state index in [-0.39, 0.29) is 18.4 Å². The third kappa shape index (κ3) is 2.41. The summed E-state index contributed by atoms with van der Waals surface area (Å²) in [6.07, 6.45) is 0. The van der Waals surface area contributed by atoms with Crippen LogP contribution in [0.4, 0.5) is 5.69 Å². The number of ether oxygens (including phenoxy) is 1. The van der Waals surface area contributed by atoms with Crippen LogP contribution in [-0.2, 0) is 4.79 Å². The molecule has 6 nitrogen and oxygen atoms in total. The van der Waals surface area contributed by atoms with Gasteiger partial charge in [-0.1, -0.05) is 13.0 Å². The van der Waals surface area contributed by atoms with Gasteiger partial charge in [-0.05, 0) is 18.1 Å². The number of likely N-dealkylation sites (tertiary alicyclic amines) is 1. The zero-order chi connectivity index (χ0) is 15.0. The van der Waals surface area contributed by atoms with Crippen molar-refractivity contribution >= 4 is 17.6 Å². The molecule has 0 aliphatic carbocycles. The number of hydrogen-bond acceptors (Lipinski definition) is 4. The van der Waals surface area contributed by atoms with E-state index in [0.717, 1.165) is 5.69 Å². The van der Waals surface area contributed by atoms with Crippen LogP contribution in [0.15, 0.2) is 18.2 Å². The van der Waals surface area contributed by atoms with Gasteiger partial charge >= 0.3 is 5.97 Å². The van der Waals surface area contributed by atoms with Crippen molar-refractivity contribution in [1.82, 2.24) is 4.90 Å². The predicted molar refractivity (Wildman–Crippen MR) is 76.6 cm³/mol. The maximum atomic E-state index is 12.7. The second kappa shape index (κ2) is 5.27. The molecular weight excluding hydrogens is 272 g/mol. The highest BCUT2D eigenvalue weighted by molar-refractivity contribution is 5.99. The van der Waals surface area contributed by atoms with E-state index in [1.807, 2.05) is 19.1 Å². The fourth-order valence-electron chi connectivity index (χ4n) is 2.96. The fourth-order valence-corrected chi connectivity index (χ4v) is 2.96. The zero-order valence-electron chi connectivity index (χ0n) is 11.8. The average Bonchev–Trinajstić information content (AvgIpc) is 2.88. The number of carboxylic acid groups (broad SMARTS) is 1. The van der Waals surface area contributed by atoms with Crippen LogP contribution in [-0.4, -0.2) is 48.1 Å². The molecule has 1 aromatic rings. The summed E-state index contributed by atoms with van der Waals surface area (Å²) in [5.74, 6) is -0.963. The molecule has 0 bridgehead atoms. The second-order valence-corrected chi connectivity index (χ2v) is 5.59. The van der Waals surface area contributed by atoms with Gasteiger partial charge in [0, 0.05) is 19.6 Å². The molecule has 0 aromatic heterocycles. The smallest absolute Gasteiger partial charge is 0.308 e. The molecule has 2 N–H and O–H groups in total. The first-order valence-corrected chi connectivity index (χ1v) is 7.09. The molecular formula is C15H18N2O4. The Labute approximate surface area is 122 Å². The van der Waals surface area contributed by atoms with Crippen molar-refractivity contribution in [3.8, 4) is 5.75 Å². The molecule has 6 heteroatoms. The number of nitrogens with zero attached hydrogens (tertiary/aromatic N) is 1. The normalized spacial score (nSPS) is 24.0. The third-order valence-corrected chi connectivity index (χ3v) is 4.13. The van der Waals surface area contributed by atoms with Gasteiger partial charge in [0.15, 0.2) is 5.75 Å². The Hall–Kier alpha value is -2.24. The van der Waals surface area contributed by atoms with Crippen molar-refractivity contribution in [2.24, 2.45) is 11.8 Å². The molecule has 3 rings (SSSR count). The molecule has 2 atom stereocenters. The van der Waals surface area contributed by atoms with Crippen LogP contribution in [0.5, 0.6) is 5.75 Å². The van der Waals surface area contributed by atoms with Gasteiger partial charge in [-0.25, -0.2) is 0 Å². The van der Waals surface area contributed by atoms with Crippen molar-refractivity contribution < 1.29 is 19.4 Å². The van der Waals surface area contributed by atoms with Crippen LogP contribution in [0.3, 0.4) is 0 Å². The van der Waals surface area contributed by atoms with E-state index in [1.165, 1.54) is 0 Å². The summed E-state index contributed by atoms with van der Waals surface area (Å²) < 4.78 is 5.61. The van der Waals surface area contributed by atoms with E-state index in [1.54, 1.807) is 11.0 Å². The molecule has 2 aliphatic heterocycles. The number of carbonyl (C=O) groups excluding carboxylic acids is 1. The number of rotatable bonds is 2. The van der Waals surface area contributed by atoms with Gasteiger partial charge in [0.1, 0.15) is 6.61 Å². The lowest BCUT2D eigenvalue weighted by molar-refractivity contribution is -0.142. The van der Waals surface area contributed by atoms with Gasteiger partial charge in [0.25, 0.3) is 5.91 Å². The molecule has 1 aromatic carbocycles. The summed E-state index contributed by atoms with van der Waals surface area (Å²) in [7, 11) is 0. The fraction of sp³-hybridized carbons (Fsp3) is 0.467. The van der Waals surface area contributed by atoms with Gasteiger partial charge in [-0.15, -0.1) is 0 Å². The molecule has 21 heavy (non-hydrogen) atoms. The number of carboxylic acids is 1. The van der Waals surface area contributed by atoms with Crippen molar-refractivity contribution in [1.29, 1.82) is 0 Å². The molecule has 2 heterocycles. The number of anilines is 1. The molecule has 0 saturated carbocycles. The molecule has 0 radical (unpaired) electrons. The van der Waals surface area contributed by atoms with Crippen LogP contribution < -0.4 is 10.1 Å². The van der Waals surface area contributed by atoms with Crippen LogP contribution in [0.1, 0.15) is 17.3 Å². The largest absolute Gasteiger partial charge is 0.489 e.